The van der Waals surface area contributed by atoms with E-state index in [0.29, 0.717) is 22.2 Å². The number of rotatable bonds is 7. The third kappa shape index (κ3) is 4.20. The van der Waals surface area contributed by atoms with Gasteiger partial charge in [-0.15, -0.1) is 0 Å². The van der Waals surface area contributed by atoms with E-state index in [4.69, 9.17) is 23.2 Å². The van der Waals surface area contributed by atoms with E-state index in [9.17, 15) is 9.59 Å². The maximum atomic E-state index is 13.1. The Balaban J connectivity index is 1.50. The first-order valence-electron chi connectivity index (χ1n) is 9.59. The van der Waals surface area contributed by atoms with Gasteiger partial charge in [-0.2, -0.15) is 0 Å². The number of carbonyl (C=O) groups is 2. The number of hydrogen-bond acceptors (Lipinski definition) is 2. The predicted molar refractivity (Wildman–Crippen MR) is 110 cm³/mol. The van der Waals surface area contributed by atoms with E-state index >= 15 is 0 Å². The van der Waals surface area contributed by atoms with Crippen LogP contribution >= 0.6 is 23.2 Å². The summed E-state index contributed by atoms with van der Waals surface area (Å²) in [6.07, 6.45) is 5.90. The van der Waals surface area contributed by atoms with Crippen LogP contribution in [-0.4, -0.2) is 44.8 Å². The molecule has 7 heteroatoms. The summed E-state index contributed by atoms with van der Waals surface area (Å²) in [7, 11) is 1.98. The van der Waals surface area contributed by atoms with E-state index in [0.717, 1.165) is 31.4 Å². The number of halogens is 2. The summed E-state index contributed by atoms with van der Waals surface area (Å²) in [5, 5.41) is 0.757. The zero-order chi connectivity index (χ0) is 19.8. The van der Waals surface area contributed by atoms with Gasteiger partial charge in [-0.05, 0) is 56.0 Å². The van der Waals surface area contributed by atoms with Gasteiger partial charge in [-0.25, -0.2) is 0 Å². The number of hydrogen-bond donors (Lipinski definition) is 0. The molecule has 0 aliphatic heterocycles. The van der Waals surface area contributed by atoms with Gasteiger partial charge in [0.15, 0.2) is 0 Å². The van der Waals surface area contributed by atoms with E-state index in [-0.39, 0.29) is 30.4 Å². The van der Waals surface area contributed by atoms with Crippen molar-refractivity contribution in [3.8, 4) is 0 Å². The molecular formula is C21H23Cl2N3O2. The van der Waals surface area contributed by atoms with Gasteiger partial charge in [0.1, 0.15) is 6.54 Å². The molecule has 0 spiro atoms. The lowest BCUT2D eigenvalue weighted by atomic mass is 10.2. The molecule has 0 unspecified atom stereocenters. The molecule has 5 nitrogen and oxygen atoms in total. The Bertz CT molecular complexity index is 903. The van der Waals surface area contributed by atoms with Crippen LogP contribution in [0.25, 0.3) is 0 Å². The normalized spacial score (nSPS) is 16.1. The van der Waals surface area contributed by atoms with E-state index in [1.54, 1.807) is 23.1 Å². The Morgan fingerprint density at radius 1 is 1.04 bits per heavy atom. The molecule has 148 valence electrons. The minimum absolute atomic E-state index is 0.00371. The Hall–Kier alpha value is -1.98. The summed E-state index contributed by atoms with van der Waals surface area (Å²) in [4.78, 5) is 29.8. The Morgan fingerprint density at radius 3 is 2.29 bits per heavy atom. The number of amides is 2. The maximum Gasteiger partial charge on any atom is 0.254 e. The molecule has 2 amide bonds. The first kappa shape index (κ1) is 19.3. The number of aromatic nitrogens is 1. The molecule has 2 saturated carbocycles. The van der Waals surface area contributed by atoms with Gasteiger partial charge in [0.2, 0.25) is 5.91 Å². The second-order valence-electron chi connectivity index (χ2n) is 7.66. The SMILES string of the molecule is Cn1cccc1CN(C(=O)CN(C(=O)c1ccc(Cl)c(Cl)c1)C1CC1)C1CC1. The lowest BCUT2D eigenvalue weighted by Gasteiger charge is -2.28. The zero-order valence-electron chi connectivity index (χ0n) is 15.8. The maximum absolute atomic E-state index is 13.1. The molecule has 28 heavy (non-hydrogen) atoms. The molecule has 1 aromatic carbocycles. The van der Waals surface area contributed by atoms with Crippen LogP contribution in [0.4, 0.5) is 0 Å². The van der Waals surface area contributed by atoms with Crippen molar-refractivity contribution in [3.05, 3.63) is 57.8 Å². The standard InChI is InChI=1S/C21H23Cl2N3O2/c1-24-10-2-3-17(24)12-25(15-5-6-15)20(27)13-26(16-7-8-16)21(28)14-4-9-18(22)19(23)11-14/h2-4,9-11,15-16H,5-8,12-13H2,1H3. The molecule has 4 rings (SSSR count). The van der Waals surface area contributed by atoms with Gasteiger partial charge in [-0.3, -0.25) is 9.59 Å². The van der Waals surface area contributed by atoms with Gasteiger partial charge in [-0.1, -0.05) is 23.2 Å². The molecule has 2 aliphatic carbocycles. The van der Waals surface area contributed by atoms with E-state index in [2.05, 4.69) is 0 Å². The van der Waals surface area contributed by atoms with Crippen LogP contribution in [0.1, 0.15) is 41.7 Å². The summed E-state index contributed by atoms with van der Waals surface area (Å²) in [6, 6.07) is 9.28. The fraction of sp³-hybridized carbons (Fsp3) is 0.429. The average Bonchev–Trinajstić information content (AvgIpc) is 3.58. The second-order valence-corrected chi connectivity index (χ2v) is 8.47. The van der Waals surface area contributed by atoms with Crippen molar-refractivity contribution < 1.29 is 9.59 Å². The summed E-state index contributed by atoms with van der Waals surface area (Å²) in [5.41, 5.74) is 1.56. The lowest BCUT2D eigenvalue weighted by Crippen LogP contribution is -2.44. The average molecular weight is 420 g/mol. The van der Waals surface area contributed by atoms with Gasteiger partial charge in [0.05, 0.1) is 16.6 Å². The molecule has 1 heterocycles. The molecule has 1 aromatic heterocycles. The molecule has 2 fully saturated rings. The fourth-order valence-electron chi connectivity index (χ4n) is 3.43. The third-order valence-corrected chi connectivity index (χ3v) is 6.15. The quantitative estimate of drug-likeness (QED) is 0.676. The van der Waals surface area contributed by atoms with Gasteiger partial charge >= 0.3 is 0 Å². The van der Waals surface area contributed by atoms with Crippen LogP contribution in [0.3, 0.4) is 0 Å². The van der Waals surface area contributed by atoms with E-state index in [1.165, 1.54) is 0 Å². The molecule has 2 aromatic rings. The monoisotopic (exact) mass is 419 g/mol. The van der Waals surface area contributed by atoms with Crippen LogP contribution in [0.5, 0.6) is 0 Å². The van der Waals surface area contributed by atoms with Crippen molar-refractivity contribution >= 4 is 35.0 Å². The third-order valence-electron chi connectivity index (χ3n) is 5.41. The van der Waals surface area contributed by atoms with Crippen molar-refractivity contribution in [1.29, 1.82) is 0 Å². The minimum atomic E-state index is -0.163. The van der Waals surface area contributed by atoms with Crippen LogP contribution < -0.4 is 0 Å². The van der Waals surface area contributed by atoms with Gasteiger partial charge in [0, 0.05) is 36.6 Å². The van der Waals surface area contributed by atoms with Crippen molar-refractivity contribution in [3.63, 3.8) is 0 Å². The minimum Gasteiger partial charge on any atom is -0.353 e. The number of nitrogens with zero attached hydrogens (tertiary/aromatic N) is 3. The first-order valence-corrected chi connectivity index (χ1v) is 10.4. The number of aryl methyl sites for hydroxylation is 1. The highest BCUT2D eigenvalue weighted by molar-refractivity contribution is 6.42. The predicted octanol–water partition coefficient (Wildman–Crippen LogP) is 4.13. The van der Waals surface area contributed by atoms with Crippen LogP contribution in [0, 0.1) is 0 Å². The van der Waals surface area contributed by atoms with Crippen LogP contribution in [-0.2, 0) is 18.4 Å². The van der Waals surface area contributed by atoms with Crippen molar-refractivity contribution in [1.82, 2.24) is 14.4 Å². The molecule has 0 radical (unpaired) electrons. The zero-order valence-corrected chi connectivity index (χ0v) is 17.3. The summed E-state index contributed by atoms with van der Waals surface area (Å²) >= 11 is 12.0. The van der Waals surface area contributed by atoms with Crippen LogP contribution in [0.2, 0.25) is 10.0 Å². The fourth-order valence-corrected chi connectivity index (χ4v) is 3.72. The lowest BCUT2D eigenvalue weighted by molar-refractivity contribution is -0.133. The molecule has 0 N–H and O–H groups in total. The highest BCUT2D eigenvalue weighted by Crippen LogP contribution is 2.32. The largest absolute Gasteiger partial charge is 0.353 e. The molecule has 0 bridgehead atoms. The van der Waals surface area contributed by atoms with Crippen molar-refractivity contribution in [2.75, 3.05) is 6.54 Å². The Labute approximate surface area is 174 Å². The molecule has 2 aliphatic rings. The van der Waals surface area contributed by atoms with E-state index in [1.807, 2.05) is 34.8 Å². The highest BCUT2D eigenvalue weighted by Gasteiger charge is 2.38. The topological polar surface area (TPSA) is 45.6 Å². The summed E-state index contributed by atoms with van der Waals surface area (Å²) in [5.74, 6) is -0.159. The number of carbonyl (C=O) groups excluding carboxylic acids is 2. The number of benzene rings is 1. The van der Waals surface area contributed by atoms with Crippen LogP contribution in [0.15, 0.2) is 36.5 Å². The summed E-state index contributed by atoms with van der Waals surface area (Å²) < 4.78 is 2.03. The van der Waals surface area contributed by atoms with Crippen molar-refractivity contribution in [2.24, 2.45) is 7.05 Å². The van der Waals surface area contributed by atoms with Gasteiger partial charge < -0.3 is 14.4 Å². The molecule has 0 saturated heterocycles. The van der Waals surface area contributed by atoms with Gasteiger partial charge in [0.25, 0.3) is 5.91 Å². The Kier molecular flexibility index (Phi) is 5.39. The first-order chi connectivity index (χ1) is 13.4. The molecular weight excluding hydrogens is 397 g/mol. The van der Waals surface area contributed by atoms with E-state index < -0.39 is 0 Å². The summed E-state index contributed by atoms with van der Waals surface area (Å²) in [6.45, 7) is 0.678. The molecule has 0 atom stereocenters. The Morgan fingerprint density at radius 2 is 1.71 bits per heavy atom. The smallest absolute Gasteiger partial charge is 0.254 e. The second kappa shape index (κ2) is 7.80. The highest BCUT2D eigenvalue weighted by atomic mass is 35.5. The van der Waals surface area contributed by atoms with Crippen molar-refractivity contribution in [2.45, 2.75) is 44.3 Å².